The Kier molecular flexibility index (Phi) is 2.90. The number of fused-ring (bicyclic) bond motifs is 2. The van der Waals surface area contributed by atoms with E-state index in [0.717, 1.165) is 0 Å². The molecule has 0 saturated carbocycles. The molecule has 0 amide bonds. The molecule has 0 heteroatoms. The molecule has 6 aromatic carbocycles. The van der Waals surface area contributed by atoms with Gasteiger partial charge in [0.1, 0.15) is 0 Å². The molecular weight excluding hydrogens is 324 g/mol. The Hall–Kier alpha value is -3.38. The topological polar surface area (TPSA) is 0 Å². The van der Waals surface area contributed by atoms with Crippen LogP contribution >= 0.6 is 0 Å². The van der Waals surface area contributed by atoms with E-state index in [-0.39, 0.29) is 0 Å². The standard InChI is InChI=1S/C27H18/c1-17-6-2-9-19(16-17)20-14-15-25-23-11-4-8-18-7-3-10-22(26(18)23)24-13-5-12-21(20)27(24)25/h2-16H,1H3. The summed E-state index contributed by atoms with van der Waals surface area (Å²) in [6.45, 7) is 2.16. The van der Waals surface area contributed by atoms with E-state index < -0.39 is 0 Å². The zero-order valence-corrected chi connectivity index (χ0v) is 15.2. The molecule has 0 heterocycles. The number of rotatable bonds is 1. The van der Waals surface area contributed by atoms with Gasteiger partial charge in [0.05, 0.1) is 0 Å². The summed E-state index contributed by atoms with van der Waals surface area (Å²) < 4.78 is 0. The molecule has 126 valence electrons. The van der Waals surface area contributed by atoms with Crippen LogP contribution in [0.5, 0.6) is 0 Å². The monoisotopic (exact) mass is 342 g/mol. The maximum Gasteiger partial charge on any atom is -0.00201 e. The first-order chi connectivity index (χ1) is 13.3. The summed E-state index contributed by atoms with van der Waals surface area (Å²) in [5, 5.41) is 10.8. The smallest absolute Gasteiger partial charge is 0.00201 e. The van der Waals surface area contributed by atoms with Crippen molar-refractivity contribution in [3.8, 4) is 11.1 Å². The molecule has 0 aliphatic carbocycles. The second kappa shape index (κ2) is 5.31. The van der Waals surface area contributed by atoms with Crippen LogP contribution in [-0.4, -0.2) is 0 Å². The fourth-order valence-electron chi connectivity index (χ4n) is 4.71. The molecule has 0 nitrogen and oxygen atoms in total. The van der Waals surface area contributed by atoms with Crippen LogP contribution in [0.3, 0.4) is 0 Å². The summed E-state index contributed by atoms with van der Waals surface area (Å²) >= 11 is 0. The van der Waals surface area contributed by atoms with Gasteiger partial charge in [0.15, 0.2) is 0 Å². The Morgan fingerprint density at radius 2 is 1.07 bits per heavy atom. The van der Waals surface area contributed by atoms with Gasteiger partial charge in [0.2, 0.25) is 0 Å². The minimum absolute atomic E-state index is 1.29. The fourth-order valence-corrected chi connectivity index (χ4v) is 4.71. The Labute approximate surface area is 158 Å². The summed E-state index contributed by atoms with van der Waals surface area (Å²) in [5.74, 6) is 0. The summed E-state index contributed by atoms with van der Waals surface area (Å²) in [6, 6.07) is 33.5. The van der Waals surface area contributed by atoms with Gasteiger partial charge < -0.3 is 0 Å². The average molecular weight is 342 g/mol. The van der Waals surface area contributed by atoms with Crippen LogP contribution in [0, 0.1) is 6.92 Å². The highest BCUT2D eigenvalue weighted by atomic mass is 14.2. The Bertz CT molecular complexity index is 1420. The number of benzene rings is 6. The molecular formula is C27H18. The van der Waals surface area contributed by atoms with E-state index in [1.807, 2.05) is 0 Å². The molecule has 0 bridgehead atoms. The molecule has 0 aliphatic heterocycles. The Morgan fingerprint density at radius 1 is 0.481 bits per heavy atom. The SMILES string of the molecule is Cc1cccc(-c2ccc3c4cccc5cccc(c6cccc2c63)c54)c1. The molecule has 0 radical (unpaired) electrons. The quantitative estimate of drug-likeness (QED) is 0.212. The average Bonchev–Trinajstić information content (AvgIpc) is 2.71. The molecule has 6 rings (SSSR count). The minimum atomic E-state index is 1.29. The van der Waals surface area contributed by atoms with Crippen molar-refractivity contribution in [3.05, 3.63) is 96.6 Å². The highest BCUT2D eigenvalue weighted by Gasteiger charge is 2.14. The van der Waals surface area contributed by atoms with Crippen LogP contribution in [0.15, 0.2) is 91.0 Å². The van der Waals surface area contributed by atoms with Gasteiger partial charge in [-0.05, 0) is 61.1 Å². The second-order valence-electron chi connectivity index (χ2n) is 7.47. The van der Waals surface area contributed by atoms with E-state index >= 15 is 0 Å². The number of hydrogen-bond donors (Lipinski definition) is 0. The van der Waals surface area contributed by atoms with Crippen molar-refractivity contribution in [2.24, 2.45) is 0 Å². The van der Waals surface area contributed by atoms with Crippen molar-refractivity contribution in [2.45, 2.75) is 6.92 Å². The van der Waals surface area contributed by atoms with Crippen LogP contribution in [-0.2, 0) is 0 Å². The largest absolute Gasteiger partial charge is 0.0614 e. The molecule has 0 saturated heterocycles. The summed E-state index contributed by atoms with van der Waals surface area (Å²) in [7, 11) is 0. The third-order valence-corrected chi connectivity index (χ3v) is 5.85. The van der Waals surface area contributed by atoms with E-state index in [9.17, 15) is 0 Å². The van der Waals surface area contributed by atoms with E-state index in [0.29, 0.717) is 0 Å². The van der Waals surface area contributed by atoms with Crippen molar-refractivity contribution in [1.29, 1.82) is 0 Å². The molecule has 0 N–H and O–H groups in total. The van der Waals surface area contributed by atoms with Gasteiger partial charge in [0.25, 0.3) is 0 Å². The first-order valence-corrected chi connectivity index (χ1v) is 9.46. The van der Waals surface area contributed by atoms with Gasteiger partial charge in [-0.25, -0.2) is 0 Å². The van der Waals surface area contributed by atoms with Crippen LogP contribution < -0.4 is 0 Å². The lowest BCUT2D eigenvalue weighted by atomic mass is 9.87. The molecule has 0 atom stereocenters. The van der Waals surface area contributed by atoms with Crippen molar-refractivity contribution in [2.75, 3.05) is 0 Å². The molecule has 27 heavy (non-hydrogen) atoms. The van der Waals surface area contributed by atoms with Gasteiger partial charge in [-0.1, -0.05) is 96.6 Å². The van der Waals surface area contributed by atoms with Crippen LogP contribution in [0.4, 0.5) is 0 Å². The fraction of sp³-hybridized carbons (Fsp3) is 0.0370. The zero-order chi connectivity index (χ0) is 18.0. The number of aryl methyl sites for hydroxylation is 1. The first kappa shape index (κ1) is 14.8. The summed E-state index contributed by atoms with van der Waals surface area (Å²) in [5.41, 5.74) is 3.89. The molecule has 0 fully saturated rings. The lowest BCUT2D eigenvalue weighted by Gasteiger charge is -2.16. The molecule has 0 aromatic heterocycles. The molecule has 0 spiro atoms. The van der Waals surface area contributed by atoms with E-state index in [1.165, 1.54) is 59.8 Å². The maximum atomic E-state index is 2.31. The van der Waals surface area contributed by atoms with Gasteiger partial charge in [-0.3, -0.25) is 0 Å². The maximum absolute atomic E-state index is 2.31. The van der Waals surface area contributed by atoms with Gasteiger partial charge in [-0.15, -0.1) is 0 Å². The lowest BCUT2D eigenvalue weighted by molar-refractivity contribution is 1.47. The van der Waals surface area contributed by atoms with Crippen LogP contribution in [0.25, 0.3) is 54.2 Å². The normalized spacial score (nSPS) is 11.9. The van der Waals surface area contributed by atoms with Gasteiger partial charge in [-0.2, -0.15) is 0 Å². The Morgan fingerprint density at radius 3 is 1.81 bits per heavy atom. The Balaban J connectivity index is 1.88. The van der Waals surface area contributed by atoms with Gasteiger partial charge in [0, 0.05) is 0 Å². The van der Waals surface area contributed by atoms with E-state index in [4.69, 9.17) is 0 Å². The highest BCUT2D eigenvalue weighted by Crippen LogP contribution is 2.42. The summed E-state index contributed by atoms with van der Waals surface area (Å²) in [6.07, 6.45) is 0. The predicted octanol–water partition coefficient (Wildman–Crippen LogP) is 7.71. The van der Waals surface area contributed by atoms with E-state index in [1.54, 1.807) is 0 Å². The molecule has 0 unspecified atom stereocenters. The van der Waals surface area contributed by atoms with Crippen molar-refractivity contribution < 1.29 is 0 Å². The molecule has 6 aromatic rings. The van der Waals surface area contributed by atoms with E-state index in [2.05, 4.69) is 97.9 Å². The lowest BCUT2D eigenvalue weighted by Crippen LogP contribution is -1.89. The minimum Gasteiger partial charge on any atom is -0.0614 e. The van der Waals surface area contributed by atoms with Crippen molar-refractivity contribution in [3.63, 3.8) is 0 Å². The predicted molar refractivity (Wildman–Crippen MR) is 118 cm³/mol. The zero-order valence-electron chi connectivity index (χ0n) is 15.2. The molecule has 0 aliphatic rings. The van der Waals surface area contributed by atoms with Crippen LogP contribution in [0.1, 0.15) is 5.56 Å². The third-order valence-electron chi connectivity index (χ3n) is 5.85. The summed E-state index contributed by atoms with van der Waals surface area (Å²) in [4.78, 5) is 0. The second-order valence-corrected chi connectivity index (χ2v) is 7.47. The number of hydrogen-bond acceptors (Lipinski definition) is 0. The van der Waals surface area contributed by atoms with Crippen molar-refractivity contribution >= 4 is 43.1 Å². The highest BCUT2D eigenvalue weighted by molar-refractivity contribution is 6.34. The first-order valence-electron chi connectivity index (χ1n) is 9.46. The van der Waals surface area contributed by atoms with Gasteiger partial charge >= 0.3 is 0 Å². The van der Waals surface area contributed by atoms with Crippen LogP contribution in [0.2, 0.25) is 0 Å². The van der Waals surface area contributed by atoms with Crippen molar-refractivity contribution in [1.82, 2.24) is 0 Å². The third kappa shape index (κ3) is 1.98.